The number of nitrogen functional groups attached to an aromatic ring is 1. The van der Waals surface area contributed by atoms with Gasteiger partial charge in [-0.1, -0.05) is 36.4 Å². The molecule has 3 aliphatic heterocycles. The Kier molecular flexibility index (Phi) is 8.79. The molecule has 256 valence electrons. The molecule has 0 saturated carbocycles. The van der Waals surface area contributed by atoms with Crippen LogP contribution in [0.4, 0.5) is 11.5 Å². The predicted molar refractivity (Wildman–Crippen MR) is 199 cm³/mol. The first-order valence-corrected chi connectivity index (χ1v) is 17.0. The van der Waals surface area contributed by atoms with Crippen LogP contribution >= 0.6 is 0 Å². The molecule has 2 aromatic heterocycles. The first-order valence-electron chi connectivity index (χ1n) is 17.0. The number of carbonyl (C=O) groups excluding carboxylic acids is 2. The number of likely N-dealkylation sites (tertiary alicyclic amines) is 1. The third kappa shape index (κ3) is 6.18. The number of amides is 2. The van der Waals surface area contributed by atoms with E-state index >= 15 is 0 Å². The van der Waals surface area contributed by atoms with Gasteiger partial charge in [0.2, 0.25) is 11.8 Å². The van der Waals surface area contributed by atoms with Gasteiger partial charge in [0, 0.05) is 61.5 Å². The number of hydrogen-bond acceptors (Lipinski definition) is 7. The summed E-state index contributed by atoms with van der Waals surface area (Å²) < 4.78 is 0. The fraction of sp³-hybridized carbons (Fsp3) is 0.316. The van der Waals surface area contributed by atoms with Gasteiger partial charge in [0.15, 0.2) is 0 Å². The van der Waals surface area contributed by atoms with E-state index in [2.05, 4.69) is 25.9 Å². The first kappa shape index (κ1) is 32.9. The topological polar surface area (TPSA) is 173 Å². The number of fused-ring (bicyclic) bond motifs is 1. The Hall–Kier alpha value is -5.62. The van der Waals surface area contributed by atoms with Gasteiger partial charge in [0.1, 0.15) is 23.7 Å². The number of carbonyl (C=O) groups is 2. The molecule has 3 aliphatic rings. The number of aromatic amines is 1. The van der Waals surface area contributed by atoms with Crippen molar-refractivity contribution in [1.29, 1.82) is 5.41 Å². The fourth-order valence-electron chi connectivity index (χ4n) is 7.37. The molecular weight excluding hydrogens is 628 g/mol. The molecule has 5 heterocycles. The van der Waals surface area contributed by atoms with Crippen LogP contribution in [0, 0.1) is 17.7 Å². The highest BCUT2D eigenvalue weighted by atomic mass is 16.2. The zero-order valence-corrected chi connectivity index (χ0v) is 28.4. The average molecular weight is 671 g/mol. The fourth-order valence-corrected chi connectivity index (χ4v) is 7.37. The van der Waals surface area contributed by atoms with E-state index in [1.807, 2.05) is 60.5 Å². The average Bonchev–Trinajstić information content (AvgIpc) is 3.83. The second-order valence-electron chi connectivity index (χ2n) is 13.4. The van der Waals surface area contributed by atoms with Gasteiger partial charge in [-0.15, -0.1) is 0 Å². The van der Waals surface area contributed by atoms with Crippen molar-refractivity contribution >= 4 is 57.7 Å². The Labute approximate surface area is 291 Å². The summed E-state index contributed by atoms with van der Waals surface area (Å²) in [6.45, 7) is 5.28. The molecule has 2 saturated heterocycles. The van der Waals surface area contributed by atoms with E-state index in [4.69, 9.17) is 21.9 Å². The Balaban J connectivity index is 0.969. The highest BCUT2D eigenvalue weighted by Crippen LogP contribution is 2.42. The van der Waals surface area contributed by atoms with Gasteiger partial charge >= 0.3 is 0 Å². The molecule has 7 rings (SSSR count). The molecule has 0 bridgehead atoms. The van der Waals surface area contributed by atoms with Crippen molar-refractivity contribution in [2.75, 3.05) is 56.9 Å². The number of pyridine rings is 1. The van der Waals surface area contributed by atoms with Crippen molar-refractivity contribution in [3.8, 4) is 0 Å². The smallest absolute Gasteiger partial charge is 0.237 e. The molecule has 0 radical (unpaired) electrons. The standard InChI is InChI=1S/C38H42N10O2/c1-24-20-43-31-9-7-28(19-29(24)31)34(40)35-30(39)8-10-32(45-35)48-18-14-38(37(48)50)13-17-46(22-38)21-33(49)47-15-11-26(12-16-47)25-3-5-27(6-4-25)36(41)44-23-42-2/h3-11,19-20,23,40,43H,12-18,21-22,39H2,1-2H3,(H2,41,42,44)/t38-/m0/s1. The van der Waals surface area contributed by atoms with Crippen LogP contribution in [0.25, 0.3) is 16.5 Å². The Bertz CT molecular complexity index is 2080. The summed E-state index contributed by atoms with van der Waals surface area (Å²) >= 11 is 0. The number of benzene rings is 2. The number of aryl methyl sites for hydroxylation is 1. The zero-order chi connectivity index (χ0) is 35.0. The minimum atomic E-state index is -0.549. The quantitative estimate of drug-likeness (QED) is 0.163. The van der Waals surface area contributed by atoms with Crippen molar-refractivity contribution in [1.82, 2.24) is 19.8 Å². The molecule has 0 aliphatic carbocycles. The molecule has 4 aromatic rings. The number of rotatable bonds is 8. The monoisotopic (exact) mass is 670 g/mol. The molecule has 2 fully saturated rings. The number of anilines is 2. The van der Waals surface area contributed by atoms with Crippen molar-refractivity contribution < 1.29 is 9.59 Å². The van der Waals surface area contributed by atoms with Crippen LogP contribution < -0.4 is 16.4 Å². The highest BCUT2D eigenvalue weighted by Gasteiger charge is 2.51. The molecule has 1 atom stereocenters. The van der Waals surface area contributed by atoms with E-state index < -0.39 is 5.41 Å². The number of hydrogen-bond donors (Lipinski definition) is 4. The van der Waals surface area contributed by atoms with Crippen molar-refractivity contribution in [3.05, 3.63) is 94.8 Å². The molecule has 2 amide bonds. The predicted octanol–water partition coefficient (Wildman–Crippen LogP) is 3.98. The second-order valence-corrected chi connectivity index (χ2v) is 13.4. The molecule has 1 spiro atoms. The van der Waals surface area contributed by atoms with Gasteiger partial charge in [-0.2, -0.15) is 0 Å². The molecule has 12 heteroatoms. The van der Waals surface area contributed by atoms with Gasteiger partial charge in [0.05, 0.1) is 23.4 Å². The van der Waals surface area contributed by atoms with Crippen LogP contribution in [0.15, 0.2) is 76.9 Å². The maximum Gasteiger partial charge on any atom is 0.237 e. The number of amidine groups is 1. The molecule has 6 N–H and O–H groups in total. The van der Waals surface area contributed by atoms with E-state index in [9.17, 15) is 9.59 Å². The van der Waals surface area contributed by atoms with E-state index in [0.717, 1.165) is 34.0 Å². The van der Waals surface area contributed by atoms with Crippen LogP contribution in [-0.4, -0.2) is 95.8 Å². The third-order valence-electron chi connectivity index (χ3n) is 10.3. The molecule has 50 heavy (non-hydrogen) atoms. The van der Waals surface area contributed by atoms with Crippen molar-refractivity contribution in [2.45, 2.75) is 26.2 Å². The normalized spacial score (nSPS) is 20.1. The number of nitrogens with one attached hydrogen (secondary N) is 2. The summed E-state index contributed by atoms with van der Waals surface area (Å²) in [7, 11) is 1.65. The zero-order valence-electron chi connectivity index (χ0n) is 28.4. The number of nitrogens with two attached hydrogens (primary N) is 2. The molecule has 2 aromatic carbocycles. The van der Waals surface area contributed by atoms with Gasteiger partial charge in [-0.25, -0.2) is 9.98 Å². The summed E-state index contributed by atoms with van der Waals surface area (Å²) in [6, 6.07) is 17.3. The summed E-state index contributed by atoms with van der Waals surface area (Å²) in [4.78, 5) is 49.0. The van der Waals surface area contributed by atoms with E-state index in [0.29, 0.717) is 80.7 Å². The lowest BCUT2D eigenvalue weighted by molar-refractivity contribution is -0.132. The number of H-pyrrole nitrogens is 1. The lowest BCUT2D eigenvalue weighted by atomic mass is 9.85. The van der Waals surface area contributed by atoms with E-state index in [1.165, 1.54) is 11.9 Å². The van der Waals surface area contributed by atoms with Gasteiger partial charge < -0.3 is 21.4 Å². The lowest BCUT2D eigenvalue weighted by Crippen LogP contribution is -2.43. The summed E-state index contributed by atoms with van der Waals surface area (Å²) in [5, 5.41) is 9.99. The second kappa shape index (κ2) is 13.4. The van der Waals surface area contributed by atoms with Crippen LogP contribution in [0.2, 0.25) is 0 Å². The first-order chi connectivity index (χ1) is 24.2. The summed E-state index contributed by atoms with van der Waals surface area (Å²) in [5.41, 5.74) is 18.7. The summed E-state index contributed by atoms with van der Waals surface area (Å²) in [5.74, 6) is 1.02. The number of nitrogens with zero attached hydrogens (tertiary/aromatic N) is 6. The minimum absolute atomic E-state index is 0.0228. The Morgan fingerprint density at radius 1 is 1.08 bits per heavy atom. The van der Waals surface area contributed by atoms with Crippen LogP contribution in [-0.2, 0) is 9.59 Å². The van der Waals surface area contributed by atoms with Crippen LogP contribution in [0.1, 0.15) is 47.2 Å². The summed E-state index contributed by atoms with van der Waals surface area (Å²) in [6.07, 6.45) is 7.65. The molecular formula is C38H42N10O2. The van der Waals surface area contributed by atoms with E-state index in [-0.39, 0.29) is 17.5 Å². The Morgan fingerprint density at radius 3 is 2.62 bits per heavy atom. The largest absolute Gasteiger partial charge is 0.397 e. The van der Waals surface area contributed by atoms with Crippen LogP contribution in [0.3, 0.4) is 0 Å². The van der Waals surface area contributed by atoms with Gasteiger partial charge in [-0.3, -0.25) is 29.8 Å². The number of aromatic nitrogens is 2. The Morgan fingerprint density at radius 2 is 1.86 bits per heavy atom. The maximum absolute atomic E-state index is 14.0. The SMILES string of the molecule is CN=CN=C(N)c1ccc(C2=CCN(C(=O)CN3CC[C@]4(CCN(c5ccc(N)c(C(=N)c6ccc7[nH]cc(C)c7c6)n5)C4=O)C3)CC2)cc1. The van der Waals surface area contributed by atoms with Gasteiger partial charge in [0.25, 0.3) is 0 Å². The van der Waals surface area contributed by atoms with Crippen molar-refractivity contribution in [2.24, 2.45) is 21.1 Å². The molecule has 0 unspecified atom stereocenters. The lowest BCUT2D eigenvalue weighted by Gasteiger charge is -2.29. The van der Waals surface area contributed by atoms with Crippen LogP contribution in [0.5, 0.6) is 0 Å². The molecule has 12 nitrogen and oxygen atoms in total. The third-order valence-corrected chi connectivity index (χ3v) is 10.3. The van der Waals surface area contributed by atoms with Crippen molar-refractivity contribution in [3.63, 3.8) is 0 Å². The highest BCUT2D eigenvalue weighted by molar-refractivity contribution is 6.14. The minimum Gasteiger partial charge on any atom is -0.397 e. The maximum atomic E-state index is 14.0. The van der Waals surface area contributed by atoms with E-state index in [1.54, 1.807) is 24.1 Å². The van der Waals surface area contributed by atoms with Gasteiger partial charge in [-0.05, 0) is 73.7 Å². The number of aliphatic imine (C=N–C) groups is 2.